The molecule has 0 saturated carbocycles. The molecule has 1 aliphatic heterocycles. The lowest BCUT2D eigenvalue weighted by atomic mass is 9.83. The fraction of sp³-hybridized carbons (Fsp3) is 0.922. The third-order valence-corrected chi connectivity index (χ3v) is 13.7. The summed E-state index contributed by atoms with van der Waals surface area (Å²) in [4.78, 5) is 0. The third kappa shape index (κ3) is 27.6. The summed E-state index contributed by atoms with van der Waals surface area (Å²) >= 11 is 0. The van der Waals surface area contributed by atoms with E-state index in [-0.39, 0.29) is 6.61 Å². The molecule has 0 aromatic heterocycles. The van der Waals surface area contributed by atoms with Crippen LogP contribution in [0.4, 0.5) is 0 Å². The van der Waals surface area contributed by atoms with Gasteiger partial charge in [0.25, 0.3) is 0 Å². The molecule has 12 N–H and O–H groups in total. The summed E-state index contributed by atoms with van der Waals surface area (Å²) < 4.78 is 10.9. The van der Waals surface area contributed by atoms with Gasteiger partial charge in [-0.15, -0.1) is 0 Å². The van der Waals surface area contributed by atoms with Crippen LogP contribution < -0.4 is 0 Å². The van der Waals surface area contributed by atoms with Gasteiger partial charge in [-0.1, -0.05) is 23.3 Å². The Balaban J connectivity index is 2.34. The van der Waals surface area contributed by atoms with E-state index in [9.17, 15) is 61.3 Å². The Kier molecular flexibility index (Phi) is 26.6. The van der Waals surface area contributed by atoms with E-state index in [1.165, 1.54) is 0 Å². The van der Waals surface area contributed by atoms with Gasteiger partial charge >= 0.3 is 0 Å². The molecule has 1 fully saturated rings. The molecule has 0 radical (unpaired) electrons. The molecule has 0 bridgehead atoms. The number of rotatable bonds is 35. The van der Waals surface area contributed by atoms with Crippen molar-refractivity contribution in [2.45, 2.75) is 287 Å². The number of allylic oxidation sites excluding steroid dienone is 3. The smallest absolute Gasteiger partial charge is 0.187 e. The van der Waals surface area contributed by atoms with E-state index >= 15 is 0 Å². The lowest BCUT2D eigenvalue weighted by molar-refractivity contribution is -0.298. The van der Waals surface area contributed by atoms with Crippen LogP contribution in [-0.2, 0) is 9.47 Å². The SMILES string of the molecule is C/C(=C\CO[C@H]1O[C@@H](CO)[C@H](O)[C@@H](O)[C@@H]1O)CC/C=C(\C)CC[C@H](O)[C@](C)(O)CCC[C@](C)(O)CCC[C@](C)(O)CCC[C@](C)(O)CCC[C@](C)(O)CCC[C@](C)(O)CCCC(C)(C)O. The van der Waals surface area contributed by atoms with Crippen molar-refractivity contribution < 1.29 is 70.8 Å². The summed E-state index contributed by atoms with van der Waals surface area (Å²) in [6, 6.07) is 0. The summed E-state index contributed by atoms with van der Waals surface area (Å²) in [5.74, 6) is 0. The Morgan fingerprint density at radius 2 is 0.892 bits per heavy atom. The van der Waals surface area contributed by atoms with Crippen LogP contribution in [0, 0.1) is 0 Å². The zero-order chi connectivity index (χ0) is 49.9. The van der Waals surface area contributed by atoms with Gasteiger partial charge in [-0.2, -0.15) is 0 Å². The molecule has 65 heavy (non-hydrogen) atoms. The number of aliphatic hydroxyl groups excluding tert-OH is 5. The molecule has 1 rings (SSSR count). The molecule has 1 saturated heterocycles. The molecular weight excluding hydrogens is 837 g/mol. The quantitative estimate of drug-likeness (QED) is 0.0330. The topological polar surface area (TPSA) is 261 Å². The summed E-state index contributed by atoms with van der Waals surface area (Å²) in [6.07, 6.45) is 8.94. The van der Waals surface area contributed by atoms with Gasteiger partial charge in [-0.25, -0.2) is 0 Å². The molecule has 14 nitrogen and oxygen atoms in total. The molecule has 386 valence electrons. The van der Waals surface area contributed by atoms with Crippen LogP contribution in [0.1, 0.15) is 210 Å². The highest BCUT2D eigenvalue weighted by atomic mass is 16.7. The summed E-state index contributed by atoms with van der Waals surface area (Å²) in [5, 5.41) is 126. The molecule has 0 unspecified atom stereocenters. The highest BCUT2D eigenvalue weighted by Crippen LogP contribution is 2.32. The lowest BCUT2D eigenvalue weighted by Gasteiger charge is -2.39. The average Bonchev–Trinajstić information content (AvgIpc) is 3.15. The normalized spacial score (nSPS) is 26.3. The summed E-state index contributed by atoms with van der Waals surface area (Å²) in [5.41, 5.74) is -4.54. The minimum atomic E-state index is -1.49. The van der Waals surface area contributed by atoms with Gasteiger partial charge < -0.3 is 70.8 Å². The molecule has 0 amide bonds. The van der Waals surface area contributed by atoms with Crippen molar-refractivity contribution in [3.05, 3.63) is 23.3 Å². The monoisotopic (exact) mass is 935 g/mol. The molecule has 0 aliphatic carbocycles. The fourth-order valence-electron chi connectivity index (χ4n) is 8.84. The first-order valence-corrected chi connectivity index (χ1v) is 24.7. The Morgan fingerprint density at radius 1 is 0.523 bits per heavy atom. The maximum atomic E-state index is 11.1. The van der Waals surface area contributed by atoms with Gasteiger partial charge in [-0.3, -0.25) is 0 Å². The summed E-state index contributed by atoms with van der Waals surface area (Å²) in [7, 11) is 0. The second kappa shape index (κ2) is 27.9. The van der Waals surface area contributed by atoms with Crippen molar-refractivity contribution in [2.75, 3.05) is 13.2 Å². The molecule has 1 aliphatic rings. The Labute approximate surface area is 392 Å². The molecule has 0 aromatic rings. The van der Waals surface area contributed by atoms with Crippen LogP contribution >= 0.6 is 0 Å². The molecular formula is C51H98O14. The first-order valence-electron chi connectivity index (χ1n) is 24.7. The van der Waals surface area contributed by atoms with Crippen LogP contribution in [-0.4, -0.2) is 151 Å². The molecule has 14 heteroatoms. The fourth-order valence-corrected chi connectivity index (χ4v) is 8.84. The number of hydrogen-bond acceptors (Lipinski definition) is 14. The van der Waals surface area contributed by atoms with Gasteiger partial charge in [0.2, 0.25) is 0 Å². The van der Waals surface area contributed by atoms with E-state index < -0.39 is 82.6 Å². The number of ether oxygens (including phenoxy) is 2. The third-order valence-electron chi connectivity index (χ3n) is 13.7. The Hall–Kier alpha value is -1.08. The van der Waals surface area contributed by atoms with Gasteiger partial charge in [0.1, 0.15) is 24.4 Å². The maximum absolute atomic E-state index is 11.1. The molecule has 1 heterocycles. The van der Waals surface area contributed by atoms with Crippen molar-refractivity contribution in [1.82, 2.24) is 0 Å². The predicted octanol–water partition coefficient (Wildman–Crippen LogP) is 5.92. The lowest BCUT2D eigenvalue weighted by Crippen LogP contribution is -2.59. The van der Waals surface area contributed by atoms with Crippen LogP contribution in [0.25, 0.3) is 0 Å². The second-order valence-electron chi connectivity index (χ2n) is 22.5. The number of hydrogen-bond donors (Lipinski definition) is 12. The van der Waals surface area contributed by atoms with Gasteiger partial charge in [-0.05, 0) is 210 Å². The Morgan fingerprint density at radius 3 is 1.28 bits per heavy atom. The molecule has 0 spiro atoms. The van der Waals surface area contributed by atoms with Crippen molar-refractivity contribution >= 4 is 0 Å². The standard InChI is InChI=1S/C51H98O14/c1-37(18-11-19-38(2)22-35-64-44-43(56)42(55)41(54)39(36-52)65-44)20-21-40(53)51(10,63)34-17-33-50(9,62)32-16-31-49(8,61)30-15-29-48(7,60)28-14-27-47(6,59)26-13-25-46(5,58)24-12-23-45(3,4)57/h18,22,39-44,52-63H,11-17,19-21,23-36H2,1-10H3/b37-18+,38-22+/t39-,40-,41-,42+,43-,44-,46+,47+,48+,49+,50+,51+/m0/s1. The van der Waals surface area contributed by atoms with Crippen LogP contribution in [0.3, 0.4) is 0 Å². The van der Waals surface area contributed by atoms with E-state index in [1.54, 1.807) is 41.5 Å². The number of aliphatic hydroxyl groups is 12. The minimum absolute atomic E-state index is 0.112. The van der Waals surface area contributed by atoms with Crippen LogP contribution in [0.15, 0.2) is 23.3 Å². The zero-order valence-corrected chi connectivity index (χ0v) is 42.3. The van der Waals surface area contributed by atoms with E-state index in [1.807, 2.05) is 33.8 Å². The Bertz CT molecular complexity index is 1360. The van der Waals surface area contributed by atoms with E-state index in [2.05, 4.69) is 6.08 Å². The maximum Gasteiger partial charge on any atom is 0.187 e. The second-order valence-corrected chi connectivity index (χ2v) is 22.5. The highest BCUT2D eigenvalue weighted by Gasteiger charge is 2.44. The van der Waals surface area contributed by atoms with Crippen LogP contribution in [0.5, 0.6) is 0 Å². The summed E-state index contributed by atoms with van der Waals surface area (Å²) in [6.45, 7) is 17.7. The van der Waals surface area contributed by atoms with Crippen molar-refractivity contribution in [3.63, 3.8) is 0 Å². The van der Waals surface area contributed by atoms with Crippen molar-refractivity contribution in [2.24, 2.45) is 0 Å². The largest absolute Gasteiger partial charge is 0.394 e. The van der Waals surface area contributed by atoms with Gasteiger partial charge in [0, 0.05) is 0 Å². The van der Waals surface area contributed by atoms with Crippen LogP contribution in [0.2, 0.25) is 0 Å². The minimum Gasteiger partial charge on any atom is -0.394 e. The van der Waals surface area contributed by atoms with E-state index in [4.69, 9.17) is 9.47 Å². The van der Waals surface area contributed by atoms with E-state index in [0.29, 0.717) is 122 Å². The van der Waals surface area contributed by atoms with E-state index in [0.717, 1.165) is 30.4 Å². The first kappa shape index (κ1) is 61.9. The highest BCUT2D eigenvalue weighted by molar-refractivity contribution is 5.04. The van der Waals surface area contributed by atoms with Gasteiger partial charge in [0.05, 0.1) is 58.5 Å². The first-order chi connectivity index (χ1) is 29.7. The van der Waals surface area contributed by atoms with Crippen molar-refractivity contribution in [3.8, 4) is 0 Å². The molecule has 0 aromatic carbocycles. The van der Waals surface area contributed by atoms with Crippen molar-refractivity contribution in [1.29, 1.82) is 0 Å². The predicted molar refractivity (Wildman–Crippen MR) is 255 cm³/mol. The van der Waals surface area contributed by atoms with Gasteiger partial charge in [0.15, 0.2) is 6.29 Å². The zero-order valence-electron chi connectivity index (χ0n) is 42.3. The molecule has 12 atom stereocenters. The average molecular weight is 935 g/mol.